The number of methoxy groups -OCH3 is 1. The molecule has 36 heavy (non-hydrogen) atoms. The number of benzene rings is 3. The number of fused-ring (bicyclic) bond motifs is 1. The van der Waals surface area contributed by atoms with Gasteiger partial charge in [-0.25, -0.2) is 4.79 Å². The number of alkyl halides is 3. The molecule has 0 saturated heterocycles. The zero-order valence-electron chi connectivity index (χ0n) is 19.3. The number of hydrogen-bond donors (Lipinski definition) is 0. The first-order valence-electron chi connectivity index (χ1n) is 10.9. The molecule has 0 N–H and O–H groups in total. The predicted molar refractivity (Wildman–Crippen MR) is 126 cm³/mol. The molecule has 0 aliphatic carbocycles. The van der Waals surface area contributed by atoms with Crippen LogP contribution in [0.2, 0.25) is 0 Å². The van der Waals surface area contributed by atoms with Crippen LogP contribution < -0.4 is 14.9 Å². The summed E-state index contributed by atoms with van der Waals surface area (Å²) in [5.41, 5.74) is -1.13. The zero-order chi connectivity index (χ0) is 25.9. The number of esters is 1. The molecular formula is C27H21F3O6. The second-order valence-corrected chi connectivity index (χ2v) is 7.84. The van der Waals surface area contributed by atoms with Crippen molar-refractivity contribution in [2.45, 2.75) is 25.8 Å². The molecule has 0 radical (unpaired) electrons. The number of para-hydroxylation sites is 1. The van der Waals surface area contributed by atoms with Gasteiger partial charge in [-0.2, -0.15) is 13.2 Å². The van der Waals surface area contributed by atoms with Crippen LogP contribution in [-0.2, 0) is 22.3 Å². The first kappa shape index (κ1) is 24.8. The second-order valence-electron chi connectivity index (χ2n) is 7.84. The number of rotatable bonds is 7. The minimum Gasteiger partial charge on any atom is -0.496 e. The number of hydrogen-bond acceptors (Lipinski definition) is 6. The fraction of sp³-hybridized carbons (Fsp3) is 0.185. The van der Waals surface area contributed by atoms with Crippen molar-refractivity contribution in [2.75, 3.05) is 7.11 Å². The van der Waals surface area contributed by atoms with E-state index >= 15 is 0 Å². The molecule has 0 amide bonds. The van der Waals surface area contributed by atoms with Gasteiger partial charge in [0.2, 0.25) is 11.2 Å². The van der Waals surface area contributed by atoms with Crippen molar-refractivity contribution in [2.24, 2.45) is 0 Å². The lowest BCUT2D eigenvalue weighted by molar-refractivity contribution is -0.152. The molecule has 0 aliphatic rings. The van der Waals surface area contributed by atoms with Crippen molar-refractivity contribution >= 4 is 16.9 Å². The Morgan fingerprint density at radius 3 is 2.39 bits per heavy atom. The smallest absolute Gasteiger partial charge is 0.450 e. The normalized spacial score (nSPS) is 12.2. The van der Waals surface area contributed by atoms with Crippen molar-refractivity contribution < 1.29 is 36.6 Å². The lowest BCUT2D eigenvalue weighted by Crippen LogP contribution is -2.26. The minimum absolute atomic E-state index is 0.0352. The zero-order valence-corrected chi connectivity index (χ0v) is 19.3. The first-order chi connectivity index (χ1) is 17.2. The topological polar surface area (TPSA) is 75.0 Å². The van der Waals surface area contributed by atoms with Crippen LogP contribution in [0.4, 0.5) is 13.2 Å². The summed E-state index contributed by atoms with van der Waals surface area (Å²) in [6.07, 6.45) is -6.03. The van der Waals surface area contributed by atoms with Gasteiger partial charge in [-0.05, 0) is 30.7 Å². The van der Waals surface area contributed by atoms with Crippen molar-refractivity contribution in [1.29, 1.82) is 0 Å². The molecule has 0 aliphatic heterocycles. The Balaban J connectivity index is 1.66. The molecule has 1 aromatic heterocycles. The van der Waals surface area contributed by atoms with Crippen molar-refractivity contribution in [1.82, 2.24) is 0 Å². The van der Waals surface area contributed by atoms with E-state index in [1.54, 1.807) is 30.3 Å². The van der Waals surface area contributed by atoms with Gasteiger partial charge in [0, 0.05) is 11.6 Å². The maximum Gasteiger partial charge on any atom is 0.450 e. The van der Waals surface area contributed by atoms with Crippen LogP contribution in [0.5, 0.6) is 11.5 Å². The maximum atomic E-state index is 14.0. The van der Waals surface area contributed by atoms with Gasteiger partial charge in [0.1, 0.15) is 23.7 Å². The summed E-state index contributed by atoms with van der Waals surface area (Å²) in [4.78, 5) is 25.5. The molecular weight excluding hydrogens is 477 g/mol. The van der Waals surface area contributed by atoms with E-state index in [-0.39, 0.29) is 34.6 Å². The standard InChI is InChI=1S/C27H21F3O6/c1-16(26(32)34-15-17-8-4-3-5-9-17)35-18-12-13-20-22(14-18)36-25(27(28,29)30)23(24(20)31)19-10-6-7-11-21(19)33-2/h3-14,16H,15H2,1-2H3/t16-/m0/s1. The summed E-state index contributed by atoms with van der Waals surface area (Å²) in [5, 5.41) is -0.0874. The van der Waals surface area contributed by atoms with Gasteiger partial charge in [0.15, 0.2) is 6.10 Å². The van der Waals surface area contributed by atoms with Gasteiger partial charge in [0.25, 0.3) is 0 Å². The molecule has 0 spiro atoms. The van der Waals surface area contributed by atoms with Crippen molar-refractivity contribution in [3.63, 3.8) is 0 Å². The summed E-state index contributed by atoms with van der Waals surface area (Å²) in [7, 11) is 1.30. The Hall–Kier alpha value is -4.27. The molecule has 1 heterocycles. The third kappa shape index (κ3) is 5.19. The highest BCUT2D eigenvalue weighted by Gasteiger charge is 2.40. The van der Waals surface area contributed by atoms with Gasteiger partial charge < -0.3 is 18.6 Å². The molecule has 3 aromatic carbocycles. The van der Waals surface area contributed by atoms with E-state index in [1.807, 2.05) is 6.07 Å². The molecule has 0 bridgehead atoms. The number of carbonyl (C=O) groups excluding carboxylic acids is 1. The van der Waals surface area contributed by atoms with Crippen LogP contribution in [0.3, 0.4) is 0 Å². The van der Waals surface area contributed by atoms with Crippen LogP contribution in [0.25, 0.3) is 22.1 Å². The van der Waals surface area contributed by atoms with E-state index in [0.717, 1.165) is 11.6 Å². The Morgan fingerprint density at radius 2 is 1.69 bits per heavy atom. The van der Waals surface area contributed by atoms with Crippen LogP contribution in [0.15, 0.2) is 82.0 Å². The van der Waals surface area contributed by atoms with Crippen LogP contribution >= 0.6 is 0 Å². The van der Waals surface area contributed by atoms with E-state index in [1.165, 1.54) is 44.4 Å². The summed E-state index contributed by atoms with van der Waals surface area (Å²) >= 11 is 0. The second kappa shape index (κ2) is 10.2. The monoisotopic (exact) mass is 498 g/mol. The Kier molecular flexibility index (Phi) is 7.00. The van der Waals surface area contributed by atoms with Crippen molar-refractivity contribution in [3.05, 3.63) is 94.3 Å². The molecule has 0 saturated carbocycles. The molecule has 4 aromatic rings. The number of halogens is 3. The highest BCUT2D eigenvalue weighted by Crippen LogP contribution is 2.40. The third-order valence-corrected chi connectivity index (χ3v) is 5.37. The highest BCUT2D eigenvalue weighted by molar-refractivity contribution is 5.85. The Bertz CT molecular complexity index is 1440. The molecule has 1 atom stereocenters. The molecule has 0 fully saturated rings. The summed E-state index contributed by atoms with van der Waals surface area (Å²) < 4.78 is 63.0. The fourth-order valence-electron chi connectivity index (χ4n) is 3.64. The minimum atomic E-state index is -4.96. The van der Waals surface area contributed by atoms with E-state index in [2.05, 4.69) is 0 Å². The quantitative estimate of drug-likeness (QED) is 0.291. The Morgan fingerprint density at radius 1 is 1.00 bits per heavy atom. The average Bonchev–Trinajstić information content (AvgIpc) is 2.87. The fourth-order valence-corrected chi connectivity index (χ4v) is 3.64. The Labute approximate surface area is 203 Å². The third-order valence-electron chi connectivity index (χ3n) is 5.37. The van der Waals surface area contributed by atoms with Gasteiger partial charge in [-0.3, -0.25) is 4.79 Å². The van der Waals surface area contributed by atoms with E-state index in [0.29, 0.717) is 0 Å². The van der Waals surface area contributed by atoms with E-state index in [9.17, 15) is 22.8 Å². The SMILES string of the molecule is COc1ccccc1-c1c(C(F)(F)F)oc2cc(O[C@@H](C)C(=O)OCc3ccccc3)ccc2c1=O. The maximum absolute atomic E-state index is 14.0. The first-order valence-corrected chi connectivity index (χ1v) is 10.9. The van der Waals surface area contributed by atoms with Crippen molar-refractivity contribution in [3.8, 4) is 22.6 Å². The predicted octanol–water partition coefficient (Wildman–Crippen LogP) is 6.00. The number of carbonyl (C=O) groups is 1. The molecule has 186 valence electrons. The van der Waals surface area contributed by atoms with Crippen LogP contribution in [0, 0.1) is 0 Å². The van der Waals surface area contributed by atoms with Gasteiger partial charge in [0.05, 0.1) is 18.1 Å². The van der Waals surface area contributed by atoms with E-state index in [4.69, 9.17) is 18.6 Å². The van der Waals surface area contributed by atoms with Gasteiger partial charge in [-0.15, -0.1) is 0 Å². The lowest BCUT2D eigenvalue weighted by Gasteiger charge is -2.16. The van der Waals surface area contributed by atoms with Gasteiger partial charge >= 0.3 is 12.1 Å². The van der Waals surface area contributed by atoms with Gasteiger partial charge in [-0.1, -0.05) is 48.5 Å². The molecule has 9 heteroatoms. The molecule has 4 rings (SSSR count). The summed E-state index contributed by atoms with van der Waals surface area (Å²) in [6.45, 7) is 1.49. The summed E-state index contributed by atoms with van der Waals surface area (Å²) in [5.74, 6) is -2.00. The largest absolute Gasteiger partial charge is 0.496 e. The summed E-state index contributed by atoms with van der Waals surface area (Å²) in [6, 6.07) is 18.7. The average molecular weight is 498 g/mol. The van der Waals surface area contributed by atoms with E-state index < -0.39 is 35.0 Å². The highest BCUT2D eigenvalue weighted by atomic mass is 19.4. The molecule has 6 nitrogen and oxygen atoms in total. The lowest BCUT2D eigenvalue weighted by atomic mass is 10.0. The van der Waals surface area contributed by atoms with Crippen LogP contribution in [0.1, 0.15) is 18.2 Å². The number of ether oxygens (including phenoxy) is 3. The molecule has 0 unspecified atom stereocenters. The van der Waals surface area contributed by atoms with Crippen LogP contribution in [-0.4, -0.2) is 19.2 Å².